The molecule has 3 rings (SSSR count). The number of amides is 1. The van der Waals surface area contributed by atoms with E-state index >= 15 is 0 Å². The zero-order valence-corrected chi connectivity index (χ0v) is 17.4. The van der Waals surface area contributed by atoms with Gasteiger partial charge in [0.2, 0.25) is 10.7 Å². The molecule has 140 valence electrons. The van der Waals surface area contributed by atoms with Crippen molar-refractivity contribution in [1.29, 1.82) is 0 Å². The van der Waals surface area contributed by atoms with Gasteiger partial charge in [0.1, 0.15) is 12.1 Å². The summed E-state index contributed by atoms with van der Waals surface area (Å²) in [4.78, 5) is 12.4. The lowest BCUT2D eigenvalue weighted by Gasteiger charge is -2.05. The Morgan fingerprint density at radius 1 is 1.19 bits per heavy atom. The molecule has 0 radical (unpaired) electrons. The van der Waals surface area contributed by atoms with E-state index in [1.165, 1.54) is 22.3 Å². The van der Waals surface area contributed by atoms with Crippen molar-refractivity contribution >= 4 is 48.9 Å². The van der Waals surface area contributed by atoms with Crippen molar-refractivity contribution in [3.63, 3.8) is 0 Å². The molecule has 0 fully saturated rings. The smallest absolute Gasteiger partial charge is 0.285 e. The molecule has 10 heteroatoms. The van der Waals surface area contributed by atoms with Crippen molar-refractivity contribution in [2.75, 3.05) is 5.32 Å². The maximum absolute atomic E-state index is 12.5. The van der Waals surface area contributed by atoms with Crippen LogP contribution in [0.4, 0.5) is 5.69 Å². The van der Waals surface area contributed by atoms with Gasteiger partial charge in [-0.3, -0.25) is 4.79 Å². The Bertz CT molecular complexity index is 1120. The van der Waals surface area contributed by atoms with Crippen molar-refractivity contribution in [3.8, 4) is 0 Å². The summed E-state index contributed by atoms with van der Waals surface area (Å²) in [7, 11) is -3.88. The maximum atomic E-state index is 12.5. The number of nitrogens with one attached hydrogen (secondary N) is 1. The standard InChI is InChI=1S/C17H15BrN4O3S2/c1-12-2-8-15(9-3-12)27(24,25)21-17-22(19-11-26-17)10-16(23)20-14-6-4-13(18)5-7-14/h2-9,11H,10H2,1H3,(H,20,23)/b21-17-. The van der Waals surface area contributed by atoms with E-state index in [2.05, 4.69) is 30.7 Å². The van der Waals surface area contributed by atoms with E-state index < -0.39 is 10.0 Å². The number of aromatic nitrogens is 2. The van der Waals surface area contributed by atoms with Crippen molar-refractivity contribution in [2.24, 2.45) is 4.40 Å². The SMILES string of the molecule is Cc1ccc(S(=O)(=O)/N=c2\scnn2CC(=O)Nc2ccc(Br)cc2)cc1. The zero-order valence-electron chi connectivity index (χ0n) is 14.2. The second-order valence-corrected chi connectivity index (χ2v) is 8.94. The summed E-state index contributed by atoms with van der Waals surface area (Å²) in [6, 6.07) is 13.5. The average Bonchev–Trinajstić information content (AvgIpc) is 3.03. The van der Waals surface area contributed by atoms with Gasteiger partial charge in [-0.15, -0.1) is 4.40 Å². The summed E-state index contributed by atoms with van der Waals surface area (Å²) in [5, 5.41) is 6.74. The van der Waals surface area contributed by atoms with Crippen LogP contribution in [-0.4, -0.2) is 24.1 Å². The zero-order chi connectivity index (χ0) is 19.4. The molecule has 0 atom stereocenters. The Morgan fingerprint density at radius 3 is 2.52 bits per heavy atom. The molecule has 1 N–H and O–H groups in total. The highest BCUT2D eigenvalue weighted by molar-refractivity contribution is 9.10. The monoisotopic (exact) mass is 466 g/mol. The van der Waals surface area contributed by atoms with E-state index in [0.717, 1.165) is 21.4 Å². The van der Waals surface area contributed by atoms with Crippen molar-refractivity contribution in [1.82, 2.24) is 9.78 Å². The number of hydrogen-bond donors (Lipinski definition) is 1. The number of rotatable bonds is 5. The van der Waals surface area contributed by atoms with Crippen LogP contribution in [0.25, 0.3) is 0 Å². The van der Waals surface area contributed by atoms with E-state index in [-0.39, 0.29) is 22.1 Å². The molecule has 0 aliphatic rings. The summed E-state index contributed by atoms with van der Waals surface area (Å²) in [5.41, 5.74) is 3.02. The second kappa shape index (κ2) is 8.15. The molecule has 2 aromatic carbocycles. The van der Waals surface area contributed by atoms with Crippen LogP contribution in [0.1, 0.15) is 5.56 Å². The predicted octanol–water partition coefficient (Wildman–Crippen LogP) is 2.94. The van der Waals surface area contributed by atoms with E-state index in [9.17, 15) is 13.2 Å². The molecule has 7 nitrogen and oxygen atoms in total. The van der Waals surface area contributed by atoms with Gasteiger partial charge in [0.15, 0.2) is 0 Å². The van der Waals surface area contributed by atoms with Crippen LogP contribution < -0.4 is 10.1 Å². The summed E-state index contributed by atoms with van der Waals surface area (Å²) < 4.78 is 30.9. The number of nitrogens with zero attached hydrogens (tertiary/aromatic N) is 3. The van der Waals surface area contributed by atoms with Crippen molar-refractivity contribution in [2.45, 2.75) is 18.4 Å². The summed E-state index contributed by atoms with van der Waals surface area (Å²) >= 11 is 4.37. The number of aryl methyl sites for hydroxylation is 1. The van der Waals surface area contributed by atoms with Gasteiger partial charge in [0.25, 0.3) is 10.0 Å². The van der Waals surface area contributed by atoms with Crippen LogP contribution in [0.2, 0.25) is 0 Å². The first-order valence-electron chi connectivity index (χ1n) is 7.77. The lowest BCUT2D eigenvalue weighted by atomic mass is 10.2. The maximum Gasteiger partial charge on any atom is 0.285 e. The highest BCUT2D eigenvalue weighted by atomic mass is 79.9. The second-order valence-electron chi connectivity index (χ2n) is 5.61. The molecule has 0 bridgehead atoms. The Balaban J connectivity index is 1.80. The first kappa shape index (κ1) is 19.5. The lowest BCUT2D eigenvalue weighted by molar-refractivity contribution is -0.117. The molecule has 0 saturated carbocycles. The number of carbonyl (C=O) groups is 1. The van der Waals surface area contributed by atoms with Crippen LogP contribution in [0, 0.1) is 6.92 Å². The summed E-state index contributed by atoms with van der Waals surface area (Å²) in [5.74, 6) is -0.336. The largest absolute Gasteiger partial charge is 0.324 e. The third-order valence-corrected chi connectivity index (χ3v) is 6.14. The van der Waals surface area contributed by atoms with Gasteiger partial charge >= 0.3 is 0 Å². The van der Waals surface area contributed by atoms with Gasteiger partial charge in [0.05, 0.1) is 4.90 Å². The highest BCUT2D eigenvalue weighted by Gasteiger charge is 2.14. The van der Waals surface area contributed by atoms with Crippen LogP contribution in [0.15, 0.2) is 67.8 Å². The molecule has 0 aliphatic carbocycles. The topological polar surface area (TPSA) is 93.4 Å². The molecule has 0 aliphatic heterocycles. The van der Waals surface area contributed by atoms with Gasteiger partial charge in [-0.1, -0.05) is 45.0 Å². The molecule has 1 amide bonds. The van der Waals surface area contributed by atoms with Crippen molar-refractivity contribution in [3.05, 3.63) is 68.9 Å². The fourth-order valence-electron chi connectivity index (χ4n) is 2.15. The van der Waals surface area contributed by atoms with Gasteiger partial charge < -0.3 is 5.32 Å². The van der Waals surface area contributed by atoms with Gasteiger partial charge in [-0.25, -0.2) is 4.68 Å². The Morgan fingerprint density at radius 2 is 1.85 bits per heavy atom. The van der Waals surface area contributed by atoms with Crippen LogP contribution >= 0.6 is 27.3 Å². The van der Waals surface area contributed by atoms with E-state index in [1.54, 1.807) is 36.4 Å². The molecular weight excluding hydrogens is 452 g/mol. The van der Waals surface area contributed by atoms with Crippen LogP contribution in [0.3, 0.4) is 0 Å². The van der Waals surface area contributed by atoms with Crippen LogP contribution in [0.5, 0.6) is 0 Å². The number of sulfonamides is 1. The minimum atomic E-state index is -3.88. The van der Waals surface area contributed by atoms with Gasteiger partial charge in [-0.2, -0.15) is 13.5 Å². The molecule has 3 aromatic rings. The average molecular weight is 467 g/mol. The fourth-order valence-corrected chi connectivity index (χ4v) is 4.26. The molecule has 1 heterocycles. The number of hydrogen-bond acceptors (Lipinski definition) is 5. The molecular formula is C17H15BrN4O3S2. The number of halogens is 1. The molecule has 0 unspecified atom stereocenters. The Kier molecular flexibility index (Phi) is 5.88. The summed E-state index contributed by atoms with van der Waals surface area (Å²) in [6.45, 7) is 1.72. The van der Waals surface area contributed by atoms with Crippen LogP contribution in [-0.2, 0) is 21.4 Å². The molecule has 0 saturated heterocycles. The number of carbonyl (C=O) groups excluding carboxylic acids is 1. The minimum Gasteiger partial charge on any atom is -0.324 e. The molecule has 27 heavy (non-hydrogen) atoms. The Labute approximate surface area is 168 Å². The van der Waals surface area contributed by atoms with Gasteiger partial charge in [-0.05, 0) is 43.3 Å². The van der Waals surface area contributed by atoms with Crippen molar-refractivity contribution < 1.29 is 13.2 Å². The van der Waals surface area contributed by atoms with E-state index in [0.29, 0.717) is 5.69 Å². The summed E-state index contributed by atoms with van der Waals surface area (Å²) in [6.07, 6.45) is 0. The quantitative estimate of drug-likeness (QED) is 0.625. The number of benzene rings is 2. The number of anilines is 1. The molecule has 1 aromatic heterocycles. The van der Waals surface area contributed by atoms with E-state index in [4.69, 9.17) is 0 Å². The van der Waals surface area contributed by atoms with Gasteiger partial charge in [0, 0.05) is 10.2 Å². The first-order chi connectivity index (χ1) is 12.8. The first-order valence-corrected chi connectivity index (χ1v) is 10.9. The Hall–Kier alpha value is -2.30. The normalized spacial score (nSPS) is 12.1. The van der Waals surface area contributed by atoms with E-state index in [1.807, 2.05) is 6.92 Å². The predicted molar refractivity (Wildman–Crippen MR) is 107 cm³/mol. The lowest BCUT2D eigenvalue weighted by Crippen LogP contribution is -2.26. The highest BCUT2D eigenvalue weighted by Crippen LogP contribution is 2.14. The third kappa shape index (κ3) is 5.12. The third-order valence-electron chi connectivity index (χ3n) is 3.50. The minimum absolute atomic E-state index is 0.0902. The molecule has 0 spiro atoms. The fraction of sp³-hybridized carbons (Fsp3) is 0.118.